The van der Waals surface area contributed by atoms with Crippen LogP contribution in [-0.4, -0.2) is 14.5 Å². The number of rotatable bonds is 12. The van der Waals surface area contributed by atoms with Crippen LogP contribution in [0.3, 0.4) is 0 Å². The number of nitrogens with zero attached hydrogens (tertiary/aromatic N) is 8. The highest BCUT2D eigenvalue weighted by Gasteiger charge is 2.22. The van der Waals surface area contributed by atoms with Gasteiger partial charge in [-0.25, -0.2) is 9.97 Å². The van der Waals surface area contributed by atoms with Gasteiger partial charge in [-0.2, -0.15) is 15.8 Å². The molecule has 0 unspecified atom stereocenters. The lowest BCUT2D eigenvalue weighted by Crippen LogP contribution is -2.09. The van der Waals surface area contributed by atoms with Crippen LogP contribution >= 0.6 is 0 Å². The molecule has 11 aromatic carbocycles. The summed E-state index contributed by atoms with van der Waals surface area (Å²) in [5, 5.41) is 33.0. The van der Waals surface area contributed by atoms with Gasteiger partial charge in [0, 0.05) is 67.3 Å². The first-order chi connectivity index (χ1) is 40.0. The van der Waals surface area contributed by atoms with Crippen LogP contribution < -0.4 is 9.80 Å². The Kier molecular flexibility index (Phi) is 12.9. The Labute approximate surface area is 469 Å². The van der Waals surface area contributed by atoms with Crippen LogP contribution in [0.5, 0.6) is 0 Å². The normalized spacial score (nSPS) is 10.9. The SMILES string of the molecule is N#Cc1cc(-n2c3ccc(N(c4ccccc4)c4ccccc4)cc3c3cc(N(c4ccccc4)c4ccccc4)ccc32)ccc1-c1ccc(-c2ccc(-c3cc(-c4ccccc4C#N)nc(-c4ccccc4C#N)n3)cc2)cc1. The van der Waals surface area contributed by atoms with Gasteiger partial charge < -0.3 is 14.4 Å². The van der Waals surface area contributed by atoms with Crippen molar-refractivity contribution in [3.8, 4) is 80.1 Å². The Morgan fingerprint density at radius 2 is 0.704 bits per heavy atom. The third kappa shape index (κ3) is 9.36. The predicted molar refractivity (Wildman–Crippen MR) is 327 cm³/mol. The van der Waals surface area contributed by atoms with Gasteiger partial charge in [0.2, 0.25) is 0 Å². The van der Waals surface area contributed by atoms with E-state index in [0.29, 0.717) is 45.0 Å². The highest BCUT2D eigenvalue weighted by molar-refractivity contribution is 6.12. The van der Waals surface area contributed by atoms with Crippen molar-refractivity contribution in [2.45, 2.75) is 0 Å². The minimum absolute atomic E-state index is 0.402. The van der Waals surface area contributed by atoms with Gasteiger partial charge in [0.05, 0.1) is 57.3 Å². The van der Waals surface area contributed by atoms with Gasteiger partial charge >= 0.3 is 0 Å². The van der Waals surface area contributed by atoms with E-state index in [1.54, 1.807) is 12.1 Å². The van der Waals surface area contributed by atoms with E-state index >= 15 is 0 Å². The van der Waals surface area contributed by atoms with E-state index in [0.717, 1.165) is 89.4 Å². The fraction of sp³-hybridized carbons (Fsp3) is 0. The number of benzene rings is 11. The Bertz CT molecular complexity index is 4300. The van der Waals surface area contributed by atoms with Gasteiger partial charge in [0.25, 0.3) is 0 Å². The summed E-state index contributed by atoms with van der Waals surface area (Å²) in [6, 6.07) is 102. The summed E-state index contributed by atoms with van der Waals surface area (Å²) in [5.41, 5.74) is 17.9. The third-order valence-electron chi connectivity index (χ3n) is 14.7. The molecular weight excluding hydrogens is 989 g/mol. The number of hydrogen-bond acceptors (Lipinski definition) is 7. The molecule has 81 heavy (non-hydrogen) atoms. The van der Waals surface area contributed by atoms with Crippen molar-refractivity contribution in [3.05, 3.63) is 296 Å². The van der Waals surface area contributed by atoms with Crippen LogP contribution in [0.4, 0.5) is 34.1 Å². The van der Waals surface area contributed by atoms with Gasteiger partial charge in [-0.15, -0.1) is 0 Å². The van der Waals surface area contributed by atoms with Gasteiger partial charge in [-0.05, 0) is 144 Å². The molecule has 13 aromatic rings. The molecule has 2 heterocycles. The Balaban J connectivity index is 0.867. The summed E-state index contributed by atoms with van der Waals surface area (Å²) in [5.74, 6) is 0.402. The van der Waals surface area contributed by atoms with Crippen LogP contribution in [0.1, 0.15) is 16.7 Å². The maximum absolute atomic E-state index is 10.9. The molecule has 0 fully saturated rings. The second kappa shape index (κ2) is 21.4. The quantitative estimate of drug-likeness (QED) is 0.120. The van der Waals surface area contributed by atoms with Crippen molar-refractivity contribution in [2.75, 3.05) is 9.80 Å². The highest BCUT2D eigenvalue weighted by atomic mass is 15.1. The van der Waals surface area contributed by atoms with E-state index in [4.69, 9.17) is 9.97 Å². The van der Waals surface area contributed by atoms with Gasteiger partial charge in [0.1, 0.15) is 0 Å². The second-order valence-electron chi connectivity index (χ2n) is 19.5. The summed E-state index contributed by atoms with van der Waals surface area (Å²) >= 11 is 0. The Morgan fingerprint density at radius 3 is 1.19 bits per heavy atom. The van der Waals surface area contributed by atoms with Crippen LogP contribution in [0, 0.1) is 34.0 Å². The molecule has 0 saturated heterocycles. The summed E-state index contributed by atoms with van der Waals surface area (Å²) in [7, 11) is 0. The lowest BCUT2D eigenvalue weighted by Gasteiger charge is -2.26. The molecule has 0 aliphatic rings. The van der Waals surface area contributed by atoms with E-state index < -0.39 is 0 Å². The maximum Gasteiger partial charge on any atom is 0.161 e. The second-order valence-corrected chi connectivity index (χ2v) is 19.5. The minimum atomic E-state index is 0.402. The minimum Gasteiger partial charge on any atom is -0.310 e. The predicted octanol–water partition coefficient (Wildman–Crippen LogP) is 18.5. The molecule has 0 spiro atoms. The van der Waals surface area contributed by atoms with Crippen molar-refractivity contribution in [1.82, 2.24) is 14.5 Å². The van der Waals surface area contributed by atoms with E-state index in [2.05, 4.69) is 215 Å². The fourth-order valence-electron chi connectivity index (χ4n) is 10.9. The zero-order valence-corrected chi connectivity index (χ0v) is 43.6. The zero-order valence-electron chi connectivity index (χ0n) is 43.6. The molecule has 8 nitrogen and oxygen atoms in total. The summed E-state index contributed by atoms with van der Waals surface area (Å²) in [4.78, 5) is 14.4. The number of aromatic nitrogens is 3. The van der Waals surface area contributed by atoms with Gasteiger partial charge in [-0.1, -0.05) is 158 Å². The monoisotopic (exact) mass is 1030 g/mol. The third-order valence-corrected chi connectivity index (χ3v) is 14.7. The van der Waals surface area contributed by atoms with E-state index in [9.17, 15) is 15.8 Å². The van der Waals surface area contributed by atoms with Crippen molar-refractivity contribution in [2.24, 2.45) is 0 Å². The van der Waals surface area contributed by atoms with Crippen LogP contribution in [0.25, 0.3) is 83.6 Å². The van der Waals surface area contributed by atoms with E-state index in [1.807, 2.05) is 84.9 Å². The molecule has 0 N–H and O–H groups in total. The maximum atomic E-state index is 10.9. The Hall–Kier alpha value is -11.6. The summed E-state index contributed by atoms with van der Waals surface area (Å²) in [6.07, 6.45) is 0. The lowest BCUT2D eigenvalue weighted by molar-refractivity contribution is 1.17. The molecule has 0 saturated carbocycles. The molecule has 0 amide bonds. The molecule has 0 radical (unpaired) electrons. The van der Waals surface area contributed by atoms with Crippen molar-refractivity contribution < 1.29 is 0 Å². The first kappa shape index (κ1) is 49.0. The average molecular weight is 1040 g/mol. The fourth-order valence-corrected chi connectivity index (χ4v) is 10.9. The highest BCUT2D eigenvalue weighted by Crippen LogP contribution is 2.44. The standard InChI is InChI=1S/C73H46N8/c74-47-54-17-13-15-27-65(54)70-46-69(77-73(78-70)66-28-16-14-18-55(66)48-75)53-35-31-51(32-36-53)50-29-33-52(34-30-50)64-40-37-61(43-56(64)49-76)81-71-41-38-62(79(57-19-5-1-6-20-57)58-21-7-2-8-22-58)44-67(71)68-45-63(39-42-72(68)81)80(59-23-9-3-10-24-59)60-25-11-4-12-26-60/h1-46H. The molecule has 0 bridgehead atoms. The van der Waals surface area contributed by atoms with Crippen LogP contribution in [-0.2, 0) is 0 Å². The van der Waals surface area contributed by atoms with Crippen LogP contribution in [0.2, 0.25) is 0 Å². The van der Waals surface area contributed by atoms with Crippen molar-refractivity contribution >= 4 is 55.9 Å². The molecule has 378 valence electrons. The molecule has 0 atom stereocenters. The number of para-hydroxylation sites is 4. The first-order valence-electron chi connectivity index (χ1n) is 26.6. The first-order valence-corrected chi connectivity index (χ1v) is 26.6. The summed E-state index contributed by atoms with van der Waals surface area (Å²) in [6.45, 7) is 0. The number of hydrogen-bond donors (Lipinski definition) is 0. The largest absolute Gasteiger partial charge is 0.310 e. The van der Waals surface area contributed by atoms with Gasteiger partial charge in [0.15, 0.2) is 5.82 Å². The topological polar surface area (TPSA) is 109 Å². The Morgan fingerprint density at radius 1 is 0.296 bits per heavy atom. The lowest BCUT2D eigenvalue weighted by atomic mass is 9.96. The molecular formula is C73H46N8. The van der Waals surface area contributed by atoms with Crippen molar-refractivity contribution in [3.63, 3.8) is 0 Å². The number of anilines is 6. The average Bonchev–Trinajstić information content (AvgIpc) is 3.94. The smallest absolute Gasteiger partial charge is 0.161 e. The molecule has 0 aliphatic heterocycles. The molecule has 0 aliphatic carbocycles. The zero-order chi connectivity index (χ0) is 54.7. The van der Waals surface area contributed by atoms with Crippen LogP contribution in [0.15, 0.2) is 279 Å². The molecule has 2 aromatic heterocycles. The molecule has 8 heteroatoms. The summed E-state index contributed by atoms with van der Waals surface area (Å²) < 4.78 is 2.28. The molecule has 13 rings (SSSR count). The number of fused-ring (bicyclic) bond motifs is 3. The van der Waals surface area contributed by atoms with Gasteiger partial charge in [-0.3, -0.25) is 0 Å². The number of nitriles is 3. The van der Waals surface area contributed by atoms with Crippen molar-refractivity contribution in [1.29, 1.82) is 15.8 Å². The van der Waals surface area contributed by atoms with E-state index in [-0.39, 0.29) is 0 Å². The van der Waals surface area contributed by atoms with E-state index in [1.165, 1.54) is 0 Å².